The number of carboxylic acid groups (broad SMARTS) is 1. The molecule has 25 nitrogen and oxygen atoms in total. The summed E-state index contributed by atoms with van der Waals surface area (Å²) < 4.78 is 0. The summed E-state index contributed by atoms with van der Waals surface area (Å²) in [4.78, 5) is 110. The molecule has 56 heavy (non-hydrogen) atoms. The van der Waals surface area contributed by atoms with Gasteiger partial charge in [-0.3, -0.25) is 43.5 Å². The van der Waals surface area contributed by atoms with Crippen LogP contribution in [-0.2, 0) is 38.4 Å². The molecule has 0 fully saturated rings. The van der Waals surface area contributed by atoms with E-state index in [2.05, 4.69) is 36.6 Å². The Balaban J connectivity index is 6.39. The van der Waals surface area contributed by atoms with Gasteiger partial charge in [0.15, 0.2) is 18.0 Å². The van der Waals surface area contributed by atoms with Gasteiger partial charge in [-0.2, -0.15) is 0 Å². The second kappa shape index (κ2) is 26.9. The highest BCUT2D eigenvalue weighted by Gasteiger charge is 2.34. The fourth-order valence-corrected chi connectivity index (χ4v) is 4.89. The van der Waals surface area contributed by atoms with Crippen molar-refractivity contribution in [1.82, 2.24) is 26.6 Å². The molecule has 0 aromatic rings. The van der Waals surface area contributed by atoms with Crippen molar-refractivity contribution in [2.24, 2.45) is 55.9 Å². The fourth-order valence-electron chi connectivity index (χ4n) is 4.89. The first-order valence-corrected chi connectivity index (χ1v) is 17.8. The Labute approximate surface area is 323 Å². The number of aliphatic hydroxyl groups is 1. The molecule has 7 atom stereocenters. The van der Waals surface area contributed by atoms with E-state index in [0.717, 1.165) is 6.92 Å². The first-order chi connectivity index (χ1) is 26.2. The van der Waals surface area contributed by atoms with Crippen molar-refractivity contribution >= 4 is 59.2 Å². The molecule has 7 amide bonds. The Hall–Kier alpha value is -5.82. The van der Waals surface area contributed by atoms with Gasteiger partial charge in [-0.15, -0.1) is 0 Å². The Bertz CT molecular complexity index is 1400. The largest absolute Gasteiger partial charge is 0.480 e. The first kappa shape index (κ1) is 50.2. The van der Waals surface area contributed by atoms with Crippen LogP contribution in [0.4, 0.5) is 0 Å². The Morgan fingerprint density at radius 2 is 1.00 bits per heavy atom. The normalized spacial score (nSPS) is 14.5. The number of primary amides is 2. The number of rotatable bonds is 29. The lowest BCUT2D eigenvalue weighted by atomic mass is 10.0. The lowest BCUT2D eigenvalue weighted by molar-refractivity contribution is -0.145. The van der Waals surface area contributed by atoms with Crippen LogP contribution in [0.25, 0.3) is 0 Å². The highest BCUT2D eigenvalue weighted by molar-refractivity contribution is 5.97. The predicted octanol–water partition coefficient (Wildman–Crippen LogP) is -7.42. The molecule has 0 aliphatic rings. The van der Waals surface area contributed by atoms with Crippen molar-refractivity contribution in [3.63, 3.8) is 0 Å². The molecule has 25 heteroatoms. The lowest BCUT2D eigenvalue weighted by Gasteiger charge is -2.27. The maximum absolute atomic E-state index is 13.7. The zero-order chi connectivity index (χ0) is 43.0. The molecule has 7 unspecified atom stereocenters. The van der Waals surface area contributed by atoms with Crippen molar-refractivity contribution in [2.45, 2.75) is 113 Å². The number of amides is 7. The van der Waals surface area contributed by atoms with Gasteiger partial charge in [-0.25, -0.2) is 4.79 Å². The number of nitrogens with one attached hydrogen (secondary N) is 5. The van der Waals surface area contributed by atoms with Crippen LogP contribution in [0.15, 0.2) is 9.98 Å². The summed E-state index contributed by atoms with van der Waals surface area (Å²) in [5.74, 6) is -8.61. The molecule has 0 radical (unpaired) electrons. The molecule has 0 bridgehead atoms. The zero-order valence-corrected chi connectivity index (χ0v) is 31.4. The van der Waals surface area contributed by atoms with Crippen LogP contribution < -0.4 is 72.5 Å². The molecule has 0 rings (SSSR count). The van der Waals surface area contributed by atoms with Gasteiger partial charge in [0.05, 0.1) is 18.6 Å². The van der Waals surface area contributed by atoms with Crippen LogP contribution >= 0.6 is 0 Å². The van der Waals surface area contributed by atoms with Crippen LogP contribution in [-0.4, -0.2) is 131 Å². The molecule has 23 N–H and O–H groups in total. The Kier molecular flexibility index (Phi) is 24.1. The Morgan fingerprint density at radius 1 is 0.571 bits per heavy atom. The van der Waals surface area contributed by atoms with Gasteiger partial charge in [-0.1, -0.05) is 0 Å². The van der Waals surface area contributed by atoms with Crippen LogP contribution in [0, 0.1) is 0 Å². The number of carboxylic acids is 1. The maximum atomic E-state index is 13.7. The van der Waals surface area contributed by atoms with Crippen LogP contribution in [0.3, 0.4) is 0 Å². The van der Waals surface area contributed by atoms with Gasteiger partial charge in [-0.05, 0) is 64.8 Å². The number of guanidine groups is 2. The molecule has 0 heterocycles. The number of aliphatic hydroxyl groups excluding tert-OH is 1. The van der Waals surface area contributed by atoms with Crippen molar-refractivity contribution < 1.29 is 48.6 Å². The number of nitrogens with two attached hydrogens (primary N) is 8. The maximum Gasteiger partial charge on any atom is 0.328 e. The second-order valence-electron chi connectivity index (χ2n) is 12.8. The molecule has 0 saturated carbocycles. The molecule has 0 spiro atoms. The Morgan fingerprint density at radius 3 is 1.43 bits per heavy atom. The molecular formula is C31H59N15O10. The summed E-state index contributed by atoms with van der Waals surface area (Å²) in [6, 6.07) is -8.89. The molecule has 318 valence electrons. The minimum Gasteiger partial charge on any atom is -0.480 e. The molecule has 0 aliphatic heterocycles. The topological polar surface area (TPSA) is 470 Å². The van der Waals surface area contributed by atoms with Gasteiger partial charge >= 0.3 is 5.97 Å². The van der Waals surface area contributed by atoms with E-state index in [9.17, 15) is 48.6 Å². The van der Waals surface area contributed by atoms with Crippen molar-refractivity contribution in [1.29, 1.82) is 0 Å². The van der Waals surface area contributed by atoms with E-state index in [0.29, 0.717) is 19.3 Å². The third-order valence-electron chi connectivity index (χ3n) is 7.86. The summed E-state index contributed by atoms with van der Waals surface area (Å²) in [5, 5.41) is 31.0. The summed E-state index contributed by atoms with van der Waals surface area (Å²) >= 11 is 0. The highest BCUT2D eigenvalue weighted by atomic mass is 16.4. The van der Waals surface area contributed by atoms with E-state index in [1.54, 1.807) is 0 Å². The highest BCUT2D eigenvalue weighted by Crippen LogP contribution is 2.08. The molecule has 0 aromatic carbocycles. The minimum atomic E-state index is -1.72. The third-order valence-corrected chi connectivity index (χ3v) is 7.86. The van der Waals surface area contributed by atoms with Gasteiger partial charge in [0.2, 0.25) is 41.4 Å². The number of carbonyl (C=O) groups is 8. The monoisotopic (exact) mass is 801 g/mol. The molecule has 0 aliphatic carbocycles. The smallest absolute Gasteiger partial charge is 0.328 e. The van der Waals surface area contributed by atoms with Gasteiger partial charge in [0.25, 0.3) is 0 Å². The van der Waals surface area contributed by atoms with Gasteiger partial charge in [0, 0.05) is 19.5 Å². The first-order valence-electron chi connectivity index (χ1n) is 17.8. The van der Waals surface area contributed by atoms with E-state index in [1.165, 1.54) is 0 Å². The standard InChI is InChI=1S/C31H59N15O10/c1-15(47)23(29(55)56)46-27(53)17(7-2-3-11-32)42-26(52)19(9-10-21(34)48)44-25(51)18(8-5-13-41-31(38)39)43-28(54)20(14-22(35)49)45-24(50)16(33)6-4-12-40-30(36)37/h15-20,23,47H,2-14,32-33H2,1H3,(H2,34,48)(H2,35,49)(H,42,52)(H,43,54)(H,44,51)(H,45,50)(H,46,53)(H,55,56)(H4,36,37,40)(H4,38,39,41). The minimum absolute atomic E-state index is 0.00683. The fraction of sp³-hybridized carbons (Fsp3) is 0.677. The van der Waals surface area contributed by atoms with Crippen molar-refractivity contribution in [2.75, 3.05) is 19.6 Å². The van der Waals surface area contributed by atoms with Crippen LogP contribution in [0.2, 0.25) is 0 Å². The molecule has 0 aromatic heterocycles. The van der Waals surface area contributed by atoms with Crippen LogP contribution in [0.5, 0.6) is 0 Å². The number of aliphatic imine (C=N–C) groups is 2. The van der Waals surface area contributed by atoms with E-state index < -0.39 is 103 Å². The molecule has 0 saturated heterocycles. The van der Waals surface area contributed by atoms with Gasteiger partial charge in [0.1, 0.15) is 24.2 Å². The lowest BCUT2D eigenvalue weighted by Crippen LogP contribution is -2.60. The number of nitrogens with zero attached hydrogens (tertiary/aromatic N) is 2. The quantitative estimate of drug-likeness (QED) is 0.0190. The van der Waals surface area contributed by atoms with Crippen molar-refractivity contribution in [3.05, 3.63) is 0 Å². The average molecular weight is 802 g/mol. The van der Waals surface area contributed by atoms with E-state index in [1.807, 2.05) is 0 Å². The number of hydrogen-bond donors (Lipinski definition) is 15. The van der Waals surface area contributed by atoms with Gasteiger partial charge < -0.3 is 82.7 Å². The molecular weight excluding hydrogens is 742 g/mol. The van der Waals surface area contributed by atoms with Crippen molar-refractivity contribution in [3.8, 4) is 0 Å². The van der Waals surface area contributed by atoms with E-state index in [4.69, 9.17) is 45.9 Å². The number of unbranched alkanes of at least 4 members (excludes halogenated alkanes) is 1. The summed E-state index contributed by atoms with van der Waals surface area (Å²) in [6.45, 7) is 1.53. The third kappa shape index (κ3) is 21.8. The van der Waals surface area contributed by atoms with E-state index >= 15 is 0 Å². The number of aliphatic carboxylic acids is 1. The number of hydrogen-bond acceptors (Lipinski definition) is 13. The summed E-state index contributed by atoms with van der Waals surface area (Å²) in [7, 11) is 0. The van der Waals surface area contributed by atoms with Crippen LogP contribution in [0.1, 0.15) is 71.1 Å². The van der Waals surface area contributed by atoms with E-state index in [-0.39, 0.29) is 63.7 Å². The second-order valence-corrected chi connectivity index (χ2v) is 12.8. The predicted molar refractivity (Wildman–Crippen MR) is 202 cm³/mol. The zero-order valence-electron chi connectivity index (χ0n) is 31.4. The average Bonchev–Trinajstić information content (AvgIpc) is 3.09. The SMILES string of the molecule is CC(O)C(NC(=O)C(CCCCN)NC(=O)C(CCC(N)=O)NC(=O)C(CCCN=C(N)N)NC(=O)C(CC(N)=O)NC(=O)C(N)CCCN=C(N)N)C(=O)O. The summed E-state index contributed by atoms with van der Waals surface area (Å²) in [6.07, 6.45) is -2.02. The number of carbonyl (C=O) groups excluding carboxylic acids is 7. The summed E-state index contributed by atoms with van der Waals surface area (Å²) in [5.41, 5.74) is 43.4.